The van der Waals surface area contributed by atoms with E-state index >= 15 is 0 Å². The van der Waals surface area contributed by atoms with Crippen LogP contribution in [0.4, 0.5) is 17.3 Å². The zero-order chi connectivity index (χ0) is 41.9. The van der Waals surface area contributed by atoms with Crippen molar-refractivity contribution in [1.29, 1.82) is 0 Å². The van der Waals surface area contributed by atoms with Gasteiger partial charge in [-0.15, -0.1) is 11.3 Å². The Hall–Kier alpha value is -7.40. The lowest BCUT2D eigenvalue weighted by atomic mass is 9.11. The van der Waals surface area contributed by atoms with Gasteiger partial charge in [0.15, 0.2) is 0 Å². The predicted molar refractivity (Wildman–Crippen MR) is 276 cm³/mol. The molecule has 64 heavy (non-hydrogen) atoms. The smallest absolute Gasteiger partial charge is 0.286 e. The molecule has 0 fully saturated rings. The van der Waals surface area contributed by atoms with Crippen LogP contribution in [0, 0.1) is 0 Å². The lowest BCUT2D eigenvalue weighted by Crippen LogP contribution is -2.89. The lowest BCUT2D eigenvalue weighted by molar-refractivity contribution is 0.606. The second-order valence-electron chi connectivity index (χ2n) is 17.4. The van der Waals surface area contributed by atoms with E-state index in [1.165, 1.54) is 86.2 Å². The van der Waals surface area contributed by atoms with Crippen molar-refractivity contribution in [3.05, 3.63) is 218 Å². The Kier molecular flexibility index (Phi) is 7.93. The van der Waals surface area contributed by atoms with Crippen molar-refractivity contribution in [3.63, 3.8) is 0 Å². The average Bonchev–Trinajstić information content (AvgIpc) is 4.11. The van der Waals surface area contributed by atoms with Crippen LogP contribution < -0.4 is 70.0 Å². The van der Waals surface area contributed by atoms with Crippen LogP contribution in [0.5, 0.6) is 0 Å². The highest BCUT2D eigenvalue weighted by Gasteiger charge is 2.50. The van der Waals surface area contributed by atoms with Crippen molar-refractivity contribution < 1.29 is 4.42 Å². The summed E-state index contributed by atoms with van der Waals surface area (Å²) in [5, 5.41) is 3.83. The number of fused-ring (bicyclic) bond motifs is 9. The fourth-order valence-electron chi connectivity index (χ4n) is 11.8. The SMILES string of the molecule is c1ccc(N(c2ccccc2)c2ccc(B3c4ccccc4B4c5cccc6c5B(c5ccccc5B6c5ccc(-n6c7ccccc7c7ccccc76)s5)c5cccc3c54)o2)cc1. The Balaban J connectivity index is 0.936. The summed E-state index contributed by atoms with van der Waals surface area (Å²) in [5.74, 6) is 0.800. The summed E-state index contributed by atoms with van der Waals surface area (Å²) in [4.78, 5) is 2.22. The van der Waals surface area contributed by atoms with Crippen molar-refractivity contribution in [2.75, 3.05) is 4.90 Å². The standard InChI is InChI=1S/C56H36B4N2OS/c1-3-17-37(18-4-1)61(38-19-5-2-6-20-38)53-35-33-51(63-53)57-41-23-9-11-25-43(41)59-48-30-16-28-46-56(48)60(47-29-15-27-45(57)55(47)59)44-26-12-10-24-42(44)58(46)52-34-36-54(64-52)62-49-31-13-7-21-39(49)40-22-8-14-32-50(40)62/h1-36H. The van der Waals surface area contributed by atoms with Crippen LogP contribution in [0.3, 0.4) is 0 Å². The van der Waals surface area contributed by atoms with Gasteiger partial charge in [-0.05, 0) is 53.3 Å². The Morgan fingerprint density at radius 2 is 0.797 bits per heavy atom. The lowest BCUT2D eigenvalue weighted by Gasteiger charge is -2.42. The third-order valence-corrected chi connectivity index (χ3v) is 15.4. The minimum atomic E-state index is -0.0637. The second-order valence-corrected chi connectivity index (χ2v) is 18.5. The summed E-state index contributed by atoms with van der Waals surface area (Å²) in [6, 6.07) is 80.5. The van der Waals surface area contributed by atoms with E-state index in [0.717, 1.165) is 22.9 Å². The van der Waals surface area contributed by atoms with Gasteiger partial charge in [-0.25, -0.2) is 0 Å². The first-order chi connectivity index (χ1) is 31.8. The molecule has 14 rings (SSSR count). The molecule has 8 aromatic carbocycles. The summed E-state index contributed by atoms with van der Waals surface area (Å²) in [5.41, 5.74) is 19.5. The molecule has 0 unspecified atom stereocenters. The van der Waals surface area contributed by atoms with E-state index in [9.17, 15) is 0 Å². The first-order valence-electron chi connectivity index (χ1n) is 22.3. The molecule has 0 spiro atoms. The van der Waals surface area contributed by atoms with E-state index in [-0.39, 0.29) is 26.9 Å². The highest BCUT2D eigenvalue weighted by atomic mass is 32.1. The molecule has 0 saturated heterocycles. The summed E-state index contributed by atoms with van der Waals surface area (Å²) in [6.07, 6.45) is 0. The van der Waals surface area contributed by atoms with E-state index in [0.29, 0.717) is 0 Å². The van der Waals surface area contributed by atoms with Gasteiger partial charge in [-0.1, -0.05) is 218 Å². The molecule has 3 aliphatic rings. The maximum Gasteiger partial charge on any atom is 0.286 e. The highest BCUT2D eigenvalue weighted by Crippen LogP contribution is 2.35. The number of benzene rings is 8. The van der Waals surface area contributed by atoms with Crippen LogP contribution in [0.25, 0.3) is 26.8 Å². The van der Waals surface area contributed by atoms with Gasteiger partial charge in [0.05, 0.1) is 21.7 Å². The fourth-order valence-corrected chi connectivity index (χ4v) is 13.0. The predicted octanol–water partition coefficient (Wildman–Crippen LogP) is 4.91. The highest BCUT2D eigenvalue weighted by molar-refractivity contribution is 7.31. The average molecular weight is 828 g/mol. The zero-order valence-electron chi connectivity index (χ0n) is 34.8. The topological polar surface area (TPSA) is 21.3 Å². The van der Waals surface area contributed by atoms with Crippen molar-refractivity contribution in [2.45, 2.75) is 0 Å². The Morgan fingerprint density at radius 1 is 0.359 bits per heavy atom. The van der Waals surface area contributed by atoms with Crippen LogP contribution >= 0.6 is 11.3 Å². The number of nitrogens with zero attached hydrogens (tertiary/aromatic N) is 2. The number of thiophene rings is 1. The van der Waals surface area contributed by atoms with Crippen molar-refractivity contribution in [2.24, 2.45) is 0 Å². The Labute approximate surface area is 377 Å². The monoisotopic (exact) mass is 828 g/mol. The number of para-hydroxylation sites is 4. The summed E-state index contributed by atoms with van der Waals surface area (Å²) in [6.45, 7) is 0.272. The molecule has 0 N–H and O–H groups in total. The van der Waals surface area contributed by atoms with Gasteiger partial charge in [0.25, 0.3) is 13.4 Å². The molecule has 11 aromatic rings. The molecule has 3 aromatic heterocycles. The Morgan fingerprint density at radius 3 is 1.36 bits per heavy atom. The molecule has 0 bridgehead atoms. The van der Waals surface area contributed by atoms with Crippen LogP contribution in [0.1, 0.15) is 0 Å². The third kappa shape index (κ3) is 5.15. The van der Waals surface area contributed by atoms with Crippen LogP contribution in [0.2, 0.25) is 0 Å². The summed E-state index contributed by atoms with van der Waals surface area (Å²) >= 11 is 1.93. The molecule has 8 heteroatoms. The molecule has 3 aliphatic heterocycles. The largest absolute Gasteiger partial charge is 0.454 e. The molecule has 3 nitrogen and oxygen atoms in total. The second kappa shape index (κ2) is 14.1. The molecule has 0 amide bonds. The van der Waals surface area contributed by atoms with Gasteiger partial charge >= 0.3 is 0 Å². The number of hydrogen-bond donors (Lipinski definition) is 0. The van der Waals surface area contributed by atoms with Gasteiger partial charge in [0.2, 0.25) is 19.3 Å². The number of furan rings is 1. The van der Waals surface area contributed by atoms with Crippen molar-refractivity contribution in [1.82, 2.24) is 4.57 Å². The molecule has 294 valence electrons. The van der Waals surface area contributed by atoms with E-state index in [1.807, 2.05) is 11.3 Å². The number of hydrogen-bond acceptors (Lipinski definition) is 3. The number of aromatic nitrogens is 1. The maximum absolute atomic E-state index is 7.11. The fraction of sp³-hybridized carbons (Fsp3) is 0. The summed E-state index contributed by atoms with van der Waals surface area (Å²) < 4.78 is 10.9. The quantitative estimate of drug-likeness (QED) is 0.223. The first-order valence-corrected chi connectivity index (χ1v) is 23.1. The van der Waals surface area contributed by atoms with E-state index in [4.69, 9.17) is 4.42 Å². The third-order valence-electron chi connectivity index (χ3n) is 14.2. The normalized spacial score (nSPS) is 13.2. The van der Waals surface area contributed by atoms with Crippen LogP contribution in [-0.2, 0) is 0 Å². The maximum atomic E-state index is 7.11. The zero-order valence-corrected chi connectivity index (χ0v) is 35.6. The van der Waals surface area contributed by atoms with Gasteiger partial charge < -0.3 is 8.98 Å². The molecular weight excluding hydrogens is 792 g/mol. The van der Waals surface area contributed by atoms with Crippen molar-refractivity contribution in [3.8, 4) is 5.00 Å². The van der Waals surface area contributed by atoms with E-state index in [2.05, 4.69) is 228 Å². The first kappa shape index (κ1) is 36.1. The van der Waals surface area contributed by atoms with Crippen LogP contribution in [0.15, 0.2) is 223 Å². The number of anilines is 3. The van der Waals surface area contributed by atoms with Gasteiger partial charge in [0, 0.05) is 28.2 Å². The van der Waals surface area contributed by atoms with Crippen LogP contribution in [-0.4, -0.2) is 31.4 Å². The number of rotatable bonds is 6. The van der Waals surface area contributed by atoms with Gasteiger partial charge in [-0.2, -0.15) is 0 Å². The molecule has 6 heterocycles. The molecule has 0 aliphatic carbocycles. The molecule has 0 atom stereocenters. The minimum Gasteiger partial charge on any atom is -0.454 e. The Bertz CT molecular complexity index is 3540. The van der Waals surface area contributed by atoms with Gasteiger partial charge in [-0.3, -0.25) is 4.90 Å². The van der Waals surface area contributed by atoms with E-state index in [1.54, 1.807) is 0 Å². The molecule has 0 radical (unpaired) electrons. The van der Waals surface area contributed by atoms with E-state index < -0.39 is 0 Å². The summed E-state index contributed by atoms with van der Waals surface area (Å²) in [7, 11) is 0. The minimum absolute atomic E-state index is 0.0637. The molecule has 0 saturated carbocycles. The van der Waals surface area contributed by atoms with Crippen molar-refractivity contribution >= 4 is 142 Å². The molecular formula is C56H36B4N2OS. The van der Waals surface area contributed by atoms with Gasteiger partial charge in [0.1, 0.15) is 0 Å².